The summed E-state index contributed by atoms with van der Waals surface area (Å²) in [5, 5.41) is 18.7. The molecule has 32 heavy (non-hydrogen) atoms. The second kappa shape index (κ2) is 13.4. The molecule has 2 bridgehead atoms. The maximum absolute atomic E-state index is 13.0. The Hall–Kier alpha value is -1.37. The van der Waals surface area contributed by atoms with Gasteiger partial charge in [0.1, 0.15) is 18.2 Å². The molecule has 9 nitrogen and oxygen atoms in total. The van der Waals surface area contributed by atoms with Gasteiger partial charge in [-0.25, -0.2) is 0 Å². The minimum absolute atomic E-state index is 0.151. The number of carbonyl (C=O) groups is 4. The number of hydrogen-bond donors (Lipinski definition) is 4. The fraction of sp³-hybridized carbons (Fsp3) is 0.700. The van der Waals surface area contributed by atoms with E-state index in [2.05, 4.69) is 16.0 Å². The van der Waals surface area contributed by atoms with Crippen molar-refractivity contribution in [3.8, 4) is 0 Å². The van der Waals surface area contributed by atoms with Crippen LogP contribution in [0.3, 0.4) is 0 Å². The average molecular weight is 506 g/mol. The molecule has 3 amide bonds. The minimum atomic E-state index is -1.18. The summed E-state index contributed by atoms with van der Waals surface area (Å²) < 4.78 is 5.45. The molecule has 0 aromatic heterocycles. The number of nitrogens with one attached hydrogen (secondary N) is 3. The Kier molecular flexibility index (Phi) is 11.2. The Morgan fingerprint density at radius 3 is 2.53 bits per heavy atom. The summed E-state index contributed by atoms with van der Waals surface area (Å²) in [5.41, 5.74) is 0. The van der Waals surface area contributed by atoms with Gasteiger partial charge in [0, 0.05) is 11.5 Å². The first-order valence-corrected chi connectivity index (χ1v) is 14.3. The molecule has 0 spiro atoms. The summed E-state index contributed by atoms with van der Waals surface area (Å²) in [6.07, 6.45) is 1.74. The van der Waals surface area contributed by atoms with Crippen molar-refractivity contribution in [1.29, 1.82) is 0 Å². The number of aliphatic hydroxyl groups is 1. The number of hydrogen-bond acceptors (Lipinski definition) is 9. The summed E-state index contributed by atoms with van der Waals surface area (Å²) in [7, 11) is 4.58. The monoisotopic (exact) mass is 505 g/mol. The van der Waals surface area contributed by atoms with Gasteiger partial charge >= 0.3 is 5.97 Å². The van der Waals surface area contributed by atoms with Gasteiger partial charge in [-0.2, -0.15) is 0 Å². The van der Waals surface area contributed by atoms with Gasteiger partial charge in [0.05, 0.1) is 25.0 Å². The molecule has 1 saturated heterocycles. The Morgan fingerprint density at radius 2 is 1.81 bits per heavy atom. The summed E-state index contributed by atoms with van der Waals surface area (Å²) >= 11 is 0. The Labute approximate surface area is 199 Å². The molecular weight excluding hydrogens is 474 g/mol. The van der Waals surface area contributed by atoms with E-state index in [1.165, 1.54) is 27.5 Å². The molecule has 0 radical (unpaired) electrons. The molecule has 2 heterocycles. The molecule has 180 valence electrons. The van der Waals surface area contributed by atoms with Crippen LogP contribution in [0.15, 0.2) is 12.2 Å². The van der Waals surface area contributed by atoms with E-state index in [1.807, 2.05) is 19.9 Å². The fourth-order valence-corrected chi connectivity index (χ4v) is 6.98. The number of amides is 3. The summed E-state index contributed by atoms with van der Waals surface area (Å²) in [6, 6.07) is -2.46. The Bertz CT molecular complexity index is 721. The SMILES string of the molecule is CC1NC(=O)CC2C=CCCSSSCC(NC1=O)C(=O)NC(C(C)C)C(O)CC(=O)O2. The third-order valence-corrected chi connectivity index (χ3v) is 9.22. The molecule has 0 aliphatic carbocycles. The molecule has 0 aromatic rings. The van der Waals surface area contributed by atoms with Gasteiger partial charge in [-0.15, -0.1) is 0 Å². The smallest absolute Gasteiger partial charge is 0.309 e. The van der Waals surface area contributed by atoms with Crippen molar-refractivity contribution in [2.75, 3.05) is 11.5 Å². The number of allylic oxidation sites excluding steroid dienone is 1. The zero-order chi connectivity index (χ0) is 23.7. The predicted octanol–water partition coefficient (Wildman–Crippen LogP) is 1.17. The van der Waals surface area contributed by atoms with Crippen molar-refractivity contribution in [3.05, 3.63) is 12.2 Å². The van der Waals surface area contributed by atoms with Crippen LogP contribution in [0, 0.1) is 5.92 Å². The van der Waals surface area contributed by atoms with Crippen LogP contribution in [-0.2, 0) is 23.9 Å². The molecule has 0 saturated carbocycles. The second-order valence-corrected chi connectivity index (χ2v) is 12.4. The average Bonchev–Trinajstić information content (AvgIpc) is 2.70. The van der Waals surface area contributed by atoms with Crippen LogP contribution in [0.1, 0.15) is 40.0 Å². The van der Waals surface area contributed by atoms with Gasteiger partial charge in [-0.1, -0.05) is 41.5 Å². The van der Waals surface area contributed by atoms with E-state index < -0.39 is 54.0 Å². The van der Waals surface area contributed by atoms with E-state index in [1.54, 1.807) is 16.9 Å². The van der Waals surface area contributed by atoms with Crippen LogP contribution in [-0.4, -0.2) is 70.6 Å². The molecule has 0 aromatic carbocycles. The lowest BCUT2D eigenvalue weighted by molar-refractivity contribution is -0.151. The van der Waals surface area contributed by atoms with Gasteiger partial charge in [0.15, 0.2) is 0 Å². The minimum Gasteiger partial charge on any atom is -0.457 e. The maximum atomic E-state index is 13.0. The number of carbonyl (C=O) groups excluding carboxylic acids is 4. The van der Waals surface area contributed by atoms with Gasteiger partial charge in [-0.05, 0) is 35.2 Å². The van der Waals surface area contributed by atoms with Crippen molar-refractivity contribution >= 4 is 55.1 Å². The highest BCUT2D eigenvalue weighted by Gasteiger charge is 2.32. The van der Waals surface area contributed by atoms with Crippen molar-refractivity contribution in [2.45, 2.75) is 70.4 Å². The zero-order valence-electron chi connectivity index (χ0n) is 18.4. The molecule has 5 unspecified atom stereocenters. The zero-order valence-corrected chi connectivity index (χ0v) is 20.8. The number of ether oxygens (including phenoxy) is 1. The number of aliphatic hydroxyl groups excluding tert-OH is 1. The van der Waals surface area contributed by atoms with Gasteiger partial charge in [0.2, 0.25) is 17.7 Å². The third kappa shape index (κ3) is 8.87. The predicted molar refractivity (Wildman–Crippen MR) is 128 cm³/mol. The fourth-order valence-electron chi connectivity index (χ4n) is 3.19. The molecule has 5 atom stereocenters. The van der Waals surface area contributed by atoms with Crippen LogP contribution in [0.25, 0.3) is 0 Å². The first-order valence-electron chi connectivity index (χ1n) is 10.5. The lowest BCUT2D eigenvalue weighted by atomic mass is 9.96. The lowest BCUT2D eigenvalue weighted by Crippen LogP contribution is -2.57. The van der Waals surface area contributed by atoms with E-state index in [4.69, 9.17) is 4.74 Å². The molecule has 12 heteroatoms. The van der Waals surface area contributed by atoms with Crippen molar-refractivity contribution in [3.63, 3.8) is 0 Å². The van der Waals surface area contributed by atoms with Crippen LogP contribution in [0.2, 0.25) is 0 Å². The number of fused-ring (bicyclic) bond motifs is 7. The molecule has 4 N–H and O–H groups in total. The standard InChI is InChI=1S/C20H31N3O6S3/c1-11(2)18-15(24)9-17(26)29-13-6-4-5-7-30-32-31-10-14(20(28)23-18)22-19(27)12(3)21-16(25)8-13/h4,6,11-15,18,24H,5,7-10H2,1-3H3,(H,21,25)(H,22,27)(H,23,28). The molecule has 2 rings (SSSR count). The van der Waals surface area contributed by atoms with Crippen molar-refractivity contribution < 1.29 is 29.0 Å². The Morgan fingerprint density at radius 1 is 1.06 bits per heavy atom. The van der Waals surface area contributed by atoms with Crippen LogP contribution < -0.4 is 16.0 Å². The normalized spacial score (nSPS) is 31.8. The molecule has 2 aliphatic rings. The summed E-state index contributed by atoms with van der Waals surface area (Å²) in [5.74, 6) is -1.17. The maximum Gasteiger partial charge on any atom is 0.309 e. The third-order valence-electron chi connectivity index (χ3n) is 4.94. The van der Waals surface area contributed by atoms with E-state index in [9.17, 15) is 24.3 Å². The number of esters is 1. The quantitative estimate of drug-likeness (QED) is 0.235. The Balaban J connectivity index is 2.41. The van der Waals surface area contributed by atoms with Gasteiger partial charge < -0.3 is 25.8 Å². The molecule has 2 aliphatic heterocycles. The highest BCUT2D eigenvalue weighted by atomic mass is 33.5. The van der Waals surface area contributed by atoms with Crippen LogP contribution in [0.5, 0.6) is 0 Å². The van der Waals surface area contributed by atoms with Crippen molar-refractivity contribution in [1.82, 2.24) is 16.0 Å². The van der Waals surface area contributed by atoms with Crippen molar-refractivity contribution in [2.24, 2.45) is 5.92 Å². The first kappa shape index (κ1) is 26.9. The second-order valence-electron chi connectivity index (χ2n) is 8.02. The van der Waals surface area contributed by atoms with E-state index in [0.717, 1.165) is 5.75 Å². The van der Waals surface area contributed by atoms with E-state index >= 15 is 0 Å². The van der Waals surface area contributed by atoms with E-state index in [-0.39, 0.29) is 18.8 Å². The van der Waals surface area contributed by atoms with E-state index in [0.29, 0.717) is 12.2 Å². The van der Waals surface area contributed by atoms with Crippen LogP contribution >= 0.6 is 31.4 Å². The highest BCUT2D eigenvalue weighted by molar-refractivity contribution is 9.09. The largest absolute Gasteiger partial charge is 0.457 e. The number of rotatable bonds is 1. The topological polar surface area (TPSA) is 134 Å². The molecular formula is C20H31N3O6S3. The lowest BCUT2D eigenvalue weighted by Gasteiger charge is -2.29. The van der Waals surface area contributed by atoms with Gasteiger partial charge in [-0.3, -0.25) is 19.2 Å². The first-order chi connectivity index (χ1) is 15.2. The van der Waals surface area contributed by atoms with Crippen LogP contribution in [0.4, 0.5) is 0 Å². The summed E-state index contributed by atoms with van der Waals surface area (Å²) in [6.45, 7) is 5.17. The molecule has 1 fully saturated rings. The summed E-state index contributed by atoms with van der Waals surface area (Å²) in [4.78, 5) is 50.6. The van der Waals surface area contributed by atoms with Gasteiger partial charge in [0.25, 0.3) is 0 Å². The highest BCUT2D eigenvalue weighted by Crippen LogP contribution is 2.35.